The number of fused-ring (bicyclic) bond motifs is 1. The number of likely N-dealkylation sites (tertiary alicyclic amines) is 1. The molecule has 170 valence electrons. The molecular weight excluding hydrogens is 408 g/mol. The van der Waals surface area contributed by atoms with Gasteiger partial charge in [-0.25, -0.2) is 0 Å². The molecule has 33 heavy (non-hydrogen) atoms. The Labute approximate surface area is 196 Å². The molecule has 0 bridgehead atoms. The van der Waals surface area contributed by atoms with Crippen molar-refractivity contribution in [2.24, 2.45) is 4.99 Å². The fourth-order valence-electron chi connectivity index (χ4n) is 4.87. The third-order valence-corrected chi connectivity index (χ3v) is 6.76. The minimum Gasteiger partial charge on any atom is -0.454 e. The summed E-state index contributed by atoms with van der Waals surface area (Å²) in [4.78, 5) is 7.53. The summed E-state index contributed by atoms with van der Waals surface area (Å²) in [6.45, 7) is 6.77. The lowest BCUT2D eigenvalue weighted by Crippen LogP contribution is -2.38. The molecule has 1 fully saturated rings. The van der Waals surface area contributed by atoms with E-state index in [2.05, 4.69) is 67.3 Å². The molecule has 2 aliphatic rings. The molecule has 4 nitrogen and oxygen atoms in total. The number of aliphatic imine (C=N–C) groups is 1. The van der Waals surface area contributed by atoms with E-state index in [-0.39, 0.29) is 6.04 Å². The Morgan fingerprint density at radius 1 is 0.939 bits per heavy atom. The van der Waals surface area contributed by atoms with E-state index < -0.39 is 0 Å². The van der Waals surface area contributed by atoms with Crippen LogP contribution in [0.2, 0.25) is 0 Å². The fraction of sp³-hybridized carbons (Fsp3) is 0.345. The van der Waals surface area contributed by atoms with Gasteiger partial charge in [0.25, 0.3) is 0 Å². The Balaban J connectivity index is 1.30. The van der Waals surface area contributed by atoms with Crippen LogP contribution in [0.1, 0.15) is 53.6 Å². The van der Waals surface area contributed by atoms with E-state index in [0.717, 1.165) is 49.4 Å². The van der Waals surface area contributed by atoms with Crippen molar-refractivity contribution in [3.8, 4) is 11.5 Å². The second-order valence-electron chi connectivity index (χ2n) is 9.07. The van der Waals surface area contributed by atoms with Crippen LogP contribution in [0.15, 0.2) is 71.7 Å². The van der Waals surface area contributed by atoms with Gasteiger partial charge in [0.2, 0.25) is 6.79 Å². The van der Waals surface area contributed by atoms with Crippen LogP contribution in [0, 0.1) is 6.92 Å². The lowest BCUT2D eigenvalue weighted by Gasteiger charge is -2.37. The number of benzene rings is 3. The van der Waals surface area contributed by atoms with E-state index >= 15 is 0 Å². The highest BCUT2D eigenvalue weighted by Crippen LogP contribution is 2.33. The SMILES string of the molecule is CCc1ccc(C(c2cccc(C)c2)N2CCC(/N=C\c3ccc4c(c3)OCO4)CC2)cc1. The number of ether oxygens (including phenoxy) is 2. The first-order valence-corrected chi connectivity index (χ1v) is 12.0. The zero-order valence-corrected chi connectivity index (χ0v) is 19.5. The Bertz CT molecular complexity index is 1110. The molecule has 1 saturated heterocycles. The maximum absolute atomic E-state index is 5.49. The zero-order chi connectivity index (χ0) is 22.6. The van der Waals surface area contributed by atoms with Gasteiger partial charge < -0.3 is 9.47 Å². The predicted molar refractivity (Wildman–Crippen MR) is 134 cm³/mol. The molecule has 0 spiro atoms. The molecule has 2 heterocycles. The van der Waals surface area contributed by atoms with Crippen molar-refractivity contribution in [3.05, 3.63) is 94.5 Å². The van der Waals surface area contributed by atoms with Crippen molar-refractivity contribution in [1.29, 1.82) is 0 Å². The van der Waals surface area contributed by atoms with Crippen LogP contribution in [0.3, 0.4) is 0 Å². The van der Waals surface area contributed by atoms with Crippen molar-refractivity contribution in [3.63, 3.8) is 0 Å². The van der Waals surface area contributed by atoms with Gasteiger partial charge in [-0.2, -0.15) is 0 Å². The minimum atomic E-state index is 0.287. The second kappa shape index (κ2) is 9.80. The number of hydrogen-bond acceptors (Lipinski definition) is 4. The third kappa shape index (κ3) is 4.96. The topological polar surface area (TPSA) is 34.1 Å². The van der Waals surface area contributed by atoms with Gasteiger partial charge in [-0.1, -0.05) is 61.0 Å². The largest absolute Gasteiger partial charge is 0.454 e. The summed E-state index contributed by atoms with van der Waals surface area (Å²) in [5.74, 6) is 1.62. The van der Waals surface area contributed by atoms with Crippen LogP contribution in [-0.4, -0.2) is 37.0 Å². The smallest absolute Gasteiger partial charge is 0.231 e. The normalized spacial score (nSPS) is 17.5. The number of piperidine rings is 1. The first-order chi connectivity index (χ1) is 16.2. The molecule has 3 aromatic rings. The summed E-state index contributed by atoms with van der Waals surface area (Å²) in [6.07, 6.45) is 5.19. The monoisotopic (exact) mass is 440 g/mol. The van der Waals surface area contributed by atoms with Gasteiger partial charge in [0.15, 0.2) is 11.5 Å². The summed E-state index contributed by atoms with van der Waals surface area (Å²) in [7, 11) is 0. The zero-order valence-electron chi connectivity index (χ0n) is 19.5. The molecule has 4 heteroatoms. The fourth-order valence-corrected chi connectivity index (χ4v) is 4.87. The highest BCUT2D eigenvalue weighted by molar-refractivity contribution is 5.81. The van der Waals surface area contributed by atoms with Gasteiger partial charge in [0.05, 0.1) is 12.1 Å². The highest BCUT2D eigenvalue weighted by Gasteiger charge is 2.27. The summed E-state index contributed by atoms with van der Waals surface area (Å²) in [5.41, 5.74) is 6.51. The maximum Gasteiger partial charge on any atom is 0.231 e. The van der Waals surface area contributed by atoms with Crippen molar-refractivity contribution >= 4 is 6.21 Å². The van der Waals surface area contributed by atoms with E-state index in [0.29, 0.717) is 12.8 Å². The van der Waals surface area contributed by atoms with Gasteiger partial charge >= 0.3 is 0 Å². The predicted octanol–water partition coefficient (Wildman–Crippen LogP) is 5.96. The molecule has 1 unspecified atom stereocenters. The summed E-state index contributed by atoms with van der Waals surface area (Å²) in [6, 6.07) is 24.8. The Morgan fingerprint density at radius 2 is 1.73 bits per heavy atom. The third-order valence-electron chi connectivity index (χ3n) is 6.76. The van der Waals surface area contributed by atoms with Crippen LogP contribution in [0.25, 0.3) is 0 Å². The van der Waals surface area contributed by atoms with E-state index in [9.17, 15) is 0 Å². The Hall–Kier alpha value is -3.11. The van der Waals surface area contributed by atoms with Crippen molar-refractivity contribution < 1.29 is 9.47 Å². The van der Waals surface area contributed by atoms with Gasteiger partial charge in [-0.05, 0) is 66.6 Å². The molecule has 0 amide bonds. The molecule has 0 aromatic heterocycles. The van der Waals surface area contributed by atoms with Crippen LogP contribution in [0.4, 0.5) is 0 Å². The van der Waals surface area contributed by atoms with Crippen molar-refractivity contribution in [2.75, 3.05) is 19.9 Å². The maximum atomic E-state index is 5.49. The van der Waals surface area contributed by atoms with E-state index in [4.69, 9.17) is 14.5 Å². The molecule has 0 aliphatic carbocycles. The minimum absolute atomic E-state index is 0.287. The first-order valence-electron chi connectivity index (χ1n) is 12.0. The van der Waals surface area contributed by atoms with E-state index in [1.54, 1.807) is 0 Å². The van der Waals surface area contributed by atoms with Crippen molar-refractivity contribution in [1.82, 2.24) is 4.90 Å². The highest BCUT2D eigenvalue weighted by atomic mass is 16.7. The number of aryl methyl sites for hydroxylation is 2. The van der Waals surface area contributed by atoms with Crippen LogP contribution >= 0.6 is 0 Å². The Kier molecular flexibility index (Phi) is 6.45. The molecule has 3 aromatic carbocycles. The molecule has 0 saturated carbocycles. The summed E-state index contributed by atoms with van der Waals surface area (Å²) < 4.78 is 10.9. The Morgan fingerprint density at radius 3 is 2.48 bits per heavy atom. The van der Waals surface area contributed by atoms with Gasteiger partial charge in [0.1, 0.15) is 0 Å². The van der Waals surface area contributed by atoms with Gasteiger partial charge in [-0.15, -0.1) is 0 Å². The quantitative estimate of drug-likeness (QED) is 0.444. The average Bonchev–Trinajstić information content (AvgIpc) is 3.32. The van der Waals surface area contributed by atoms with Crippen LogP contribution in [0.5, 0.6) is 11.5 Å². The molecule has 2 aliphatic heterocycles. The van der Waals surface area contributed by atoms with Gasteiger partial charge in [-0.3, -0.25) is 9.89 Å². The van der Waals surface area contributed by atoms with Crippen molar-refractivity contribution in [2.45, 2.75) is 45.2 Å². The number of rotatable bonds is 6. The summed E-state index contributed by atoms with van der Waals surface area (Å²) >= 11 is 0. The molecule has 5 rings (SSSR count). The number of hydrogen-bond donors (Lipinski definition) is 0. The molecule has 1 atom stereocenters. The lowest BCUT2D eigenvalue weighted by molar-refractivity contribution is 0.174. The van der Waals surface area contributed by atoms with Crippen LogP contribution < -0.4 is 9.47 Å². The standard InChI is InChI=1S/C29H32N2O2/c1-3-22-7-10-24(11-8-22)29(25-6-4-5-21(2)17-25)31-15-13-26(14-16-31)30-19-23-9-12-27-28(18-23)33-20-32-27/h4-12,17-19,26,29H,3,13-16,20H2,1-2H3/b30-19-. The molecule has 0 radical (unpaired) electrons. The number of nitrogens with zero attached hydrogens (tertiary/aromatic N) is 2. The second-order valence-corrected chi connectivity index (χ2v) is 9.07. The van der Waals surface area contributed by atoms with E-state index in [1.165, 1.54) is 22.3 Å². The first kappa shape index (κ1) is 21.7. The lowest BCUT2D eigenvalue weighted by atomic mass is 9.92. The molecule has 0 N–H and O–H groups in total. The van der Waals surface area contributed by atoms with E-state index in [1.807, 2.05) is 24.4 Å². The summed E-state index contributed by atoms with van der Waals surface area (Å²) in [5, 5.41) is 0. The average molecular weight is 441 g/mol. The van der Waals surface area contributed by atoms with Gasteiger partial charge in [0, 0.05) is 19.3 Å². The molecular formula is C29H32N2O2. The van der Waals surface area contributed by atoms with Crippen LogP contribution in [-0.2, 0) is 6.42 Å².